The molecule has 0 aromatic heterocycles. The summed E-state index contributed by atoms with van der Waals surface area (Å²) in [6.45, 7) is 11.0. The molecule has 1 heterocycles. The highest BCUT2D eigenvalue weighted by Gasteiger charge is 2.27. The molecule has 1 aromatic rings. The van der Waals surface area contributed by atoms with Crippen LogP contribution in [0.15, 0.2) is 24.3 Å². The van der Waals surface area contributed by atoms with Gasteiger partial charge >= 0.3 is 0 Å². The van der Waals surface area contributed by atoms with Gasteiger partial charge in [-0.25, -0.2) is 0 Å². The van der Waals surface area contributed by atoms with Crippen molar-refractivity contribution < 1.29 is 9.53 Å². The number of halogens is 1. The van der Waals surface area contributed by atoms with E-state index in [0.29, 0.717) is 6.61 Å². The average Bonchev–Trinajstić information content (AvgIpc) is 2.62. The number of hydrogen-bond donors (Lipinski definition) is 1. The predicted octanol–water partition coefficient (Wildman–Crippen LogP) is 2.52. The number of hydrogen-bond acceptors (Lipinski definition) is 4. The summed E-state index contributed by atoms with van der Waals surface area (Å²) in [5, 5.41) is 0. The second kappa shape index (κ2) is 10.6. The Balaban J connectivity index is 0.00000312. The van der Waals surface area contributed by atoms with E-state index >= 15 is 0 Å². The van der Waals surface area contributed by atoms with Crippen molar-refractivity contribution in [2.75, 3.05) is 32.8 Å². The molecular weight excluding hydrogens is 338 g/mol. The summed E-state index contributed by atoms with van der Waals surface area (Å²) in [5.41, 5.74) is 7.36. The van der Waals surface area contributed by atoms with Gasteiger partial charge in [0.25, 0.3) is 0 Å². The smallest absolute Gasteiger partial charge is 0.239 e. The molecule has 1 aromatic carbocycles. The molecule has 0 bridgehead atoms. The molecule has 1 aliphatic heterocycles. The first-order chi connectivity index (χ1) is 11.5. The van der Waals surface area contributed by atoms with Crippen molar-refractivity contribution in [3.8, 4) is 5.75 Å². The van der Waals surface area contributed by atoms with Crippen molar-refractivity contribution in [1.82, 2.24) is 9.80 Å². The first-order valence-electron chi connectivity index (χ1n) is 9.03. The van der Waals surface area contributed by atoms with Gasteiger partial charge in [-0.2, -0.15) is 0 Å². The zero-order chi connectivity index (χ0) is 17.5. The molecular formula is C19H32ClN3O2. The van der Waals surface area contributed by atoms with Gasteiger partial charge in [-0.05, 0) is 30.5 Å². The Labute approximate surface area is 157 Å². The molecule has 2 unspecified atom stereocenters. The summed E-state index contributed by atoms with van der Waals surface area (Å²) in [4.78, 5) is 16.7. The van der Waals surface area contributed by atoms with Crippen molar-refractivity contribution in [3.05, 3.63) is 29.8 Å². The van der Waals surface area contributed by atoms with Crippen molar-refractivity contribution >= 4 is 18.3 Å². The van der Waals surface area contributed by atoms with E-state index in [1.165, 1.54) is 5.56 Å². The van der Waals surface area contributed by atoms with Crippen molar-refractivity contribution in [1.29, 1.82) is 0 Å². The van der Waals surface area contributed by atoms with E-state index in [-0.39, 0.29) is 30.3 Å². The highest BCUT2D eigenvalue weighted by Crippen LogP contribution is 2.15. The number of nitrogens with zero attached hydrogens (tertiary/aromatic N) is 2. The van der Waals surface area contributed by atoms with Gasteiger partial charge in [-0.15, -0.1) is 12.4 Å². The molecule has 2 N–H and O–H groups in total. The van der Waals surface area contributed by atoms with Crippen LogP contribution in [-0.4, -0.2) is 54.5 Å². The lowest BCUT2D eigenvalue weighted by Crippen LogP contribution is -2.54. The van der Waals surface area contributed by atoms with Gasteiger partial charge in [0, 0.05) is 32.7 Å². The Kier molecular flexibility index (Phi) is 9.25. The third kappa shape index (κ3) is 6.17. The van der Waals surface area contributed by atoms with Crippen LogP contribution in [0.4, 0.5) is 0 Å². The zero-order valence-electron chi connectivity index (χ0n) is 15.6. The maximum Gasteiger partial charge on any atom is 0.239 e. The van der Waals surface area contributed by atoms with E-state index < -0.39 is 0 Å². The number of amides is 1. The largest absolute Gasteiger partial charge is 0.494 e. The summed E-state index contributed by atoms with van der Waals surface area (Å²) in [6.07, 6.45) is 0.935. The molecule has 6 heteroatoms. The van der Waals surface area contributed by atoms with Crippen LogP contribution in [0.25, 0.3) is 0 Å². The minimum absolute atomic E-state index is 0. The maximum atomic E-state index is 12.4. The highest BCUT2D eigenvalue weighted by molar-refractivity contribution is 5.85. The fourth-order valence-corrected chi connectivity index (χ4v) is 2.95. The van der Waals surface area contributed by atoms with Crippen LogP contribution in [0.1, 0.15) is 32.8 Å². The van der Waals surface area contributed by atoms with Crippen LogP contribution in [0, 0.1) is 5.92 Å². The summed E-state index contributed by atoms with van der Waals surface area (Å²) in [6, 6.07) is 7.89. The Bertz CT molecular complexity index is 516. The van der Waals surface area contributed by atoms with E-state index in [4.69, 9.17) is 10.5 Å². The lowest BCUT2D eigenvalue weighted by molar-refractivity contribution is -0.135. The normalized spacial score (nSPS) is 17.5. The monoisotopic (exact) mass is 369 g/mol. The van der Waals surface area contributed by atoms with Gasteiger partial charge in [-0.3, -0.25) is 9.69 Å². The summed E-state index contributed by atoms with van der Waals surface area (Å²) >= 11 is 0. The standard InChI is InChI=1S/C19H31N3O2.ClH/c1-4-15(3)18(20)19(23)22-12-10-21(11-13-22)14-16-6-8-17(9-7-16)24-5-2;/h6-9,15,18H,4-5,10-14,20H2,1-3H3;1H. The average molecular weight is 370 g/mol. The van der Waals surface area contributed by atoms with E-state index in [1.54, 1.807) is 0 Å². The number of carbonyl (C=O) groups excluding carboxylic acids is 1. The number of carbonyl (C=O) groups is 1. The molecule has 1 aliphatic rings. The van der Waals surface area contributed by atoms with E-state index in [9.17, 15) is 4.79 Å². The van der Waals surface area contributed by atoms with Crippen LogP contribution in [-0.2, 0) is 11.3 Å². The second-order valence-corrected chi connectivity index (χ2v) is 6.59. The lowest BCUT2D eigenvalue weighted by atomic mass is 9.98. The maximum absolute atomic E-state index is 12.4. The van der Waals surface area contributed by atoms with E-state index in [0.717, 1.165) is 44.9 Å². The topological polar surface area (TPSA) is 58.8 Å². The molecule has 5 nitrogen and oxygen atoms in total. The van der Waals surface area contributed by atoms with Crippen LogP contribution < -0.4 is 10.5 Å². The molecule has 25 heavy (non-hydrogen) atoms. The highest BCUT2D eigenvalue weighted by atomic mass is 35.5. The number of rotatable bonds is 7. The Hall–Kier alpha value is -1.30. The molecule has 1 saturated heterocycles. The number of piperazine rings is 1. The molecule has 2 atom stereocenters. The number of nitrogens with two attached hydrogens (primary N) is 1. The van der Waals surface area contributed by atoms with Crippen molar-refractivity contribution in [3.63, 3.8) is 0 Å². The Morgan fingerprint density at radius 1 is 1.16 bits per heavy atom. The molecule has 0 aliphatic carbocycles. The minimum atomic E-state index is -0.368. The van der Waals surface area contributed by atoms with Crippen molar-refractivity contribution in [2.24, 2.45) is 11.7 Å². The minimum Gasteiger partial charge on any atom is -0.494 e. The first kappa shape index (κ1) is 21.7. The van der Waals surface area contributed by atoms with Gasteiger partial charge < -0.3 is 15.4 Å². The van der Waals surface area contributed by atoms with Gasteiger partial charge in [0.1, 0.15) is 5.75 Å². The molecule has 0 radical (unpaired) electrons. The number of benzene rings is 1. The number of ether oxygens (including phenoxy) is 1. The van der Waals surface area contributed by atoms with Gasteiger partial charge in [0.15, 0.2) is 0 Å². The van der Waals surface area contributed by atoms with Crippen LogP contribution >= 0.6 is 12.4 Å². The summed E-state index contributed by atoms with van der Waals surface area (Å²) in [5.74, 6) is 1.25. The second-order valence-electron chi connectivity index (χ2n) is 6.59. The van der Waals surface area contributed by atoms with Crippen LogP contribution in [0.3, 0.4) is 0 Å². The lowest BCUT2D eigenvalue weighted by Gasteiger charge is -2.36. The SMILES string of the molecule is CCOc1ccc(CN2CCN(C(=O)C(N)C(C)CC)CC2)cc1.Cl. The van der Waals surface area contributed by atoms with Crippen molar-refractivity contribution in [2.45, 2.75) is 39.8 Å². The van der Waals surface area contributed by atoms with Crippen LogP contribution in [0.5, 0.6) is 5.75 Å². The summed E-state index contributed by atoms with van der Waals surface area (Å²) < 4.78 is 5.47. The fraction of sp³-hybridized carbons (Fsp3) is 0.632. The third-order valence-corrected chi connectivity index (χ3v) is 4.87. The quantitative estimate of drug-likeness (QED) is 0.802. The first-order valence-corrected chi connectivity index (χ1v) is 9.03. The van der Waals surface area contributed by atoms with Crippen LogP contribution in [0.2, 0.25) is 0 Å². The molecule has 0 saturated carbocycles. The third-order valence-electron chi connectivity index (χ3n) is 4.87. The van der Waals surface area contributed by atoms with Gasteiger partial charge in [0.05, 0.1) is 12.6 Å². The Morgan fingerprint density at radius 3 is 2.28 bits per heavy atom. The van der Waals surface area contributed by atoms with E-state index in [2.05, 4.69) is 24.0 Å². The molecule has 1 fully saturated rings. The fourth-order valence-electron chi connectivity index (χ4n) is 2.95. The van der Waals surface area contributed by atoms with E-state index in [1.807, 2.05) is 30.9 Å². The predicted molar refractivity (Wildman–Crippen MR) is 104 cm³/mol. The molecule has 0 spiro atoms. The zero-order valence-corrected chi connectivity index (χ0v) is 16.4. The summed E-state index contributed by atoms with van der Waals surface area (Å²) in [7, 11) is 0. The van der Waals surface area contributed by atoms with Gasteiger partial charge in [-0.1, -0.05) is 32.4 Å². The Morgan fingerprint density at radius 2 is 1.76 bits per heavy atom. The molecule has 2 rings (SSSR count). The molecule has 1 amide bonds. The molecule has 142 valence electrons. The van der Waals surface area contributed by atoms with Gasteiger partial charge in [0.2, 0.25) is 5.91 Å².